The van der Waals surface area contributed by atoms with Gasteiger partial charge in [0, 0.05) is 23.9 Å². The van der Waals surface area contributed by atoms with Gasteiger partial charge in [-0.05, 0) is 24.6 Å². The summed E-state index contributed by atoms with van der Waals surface area (Å²) < 4.78 is 27.2. The van der Waals surface area contributed by atoms with Crippen molar-refractivity contribution in [3.63, 3.8) is 0 Å². The number of hydrogen-bond donors (Lipinski definition) is 3. The second-order valence-corrected chi connectivity index (χ2v) is 4.38. The number of nitro benzene ring substituents is 1. The number of hydrazine groups is 1. The zero-order chi connectivity index (χ0) is 15.6. The number of nitro groups is 1. The molecule has 0 fully saturated rings. The summed E-state index contributed by atoms with van der Waals surface area (Å²) in [6.45, 7) is 1.44. The van der Waals surface area contributed by atoms with Crippen LogP contribution in [0.3, 0.4) is 0 Å². The quantitative estimate of drug-likeness (QED) is 0.457. The van der Waals surface area contributed by atoms with E-state index in [0.29, 0.717) is 0 Å². The van der Waals surface area contributed by atoms with Crippen LogP contribution in [-0.4, -0.2) is 4.92 Å². The predicted octanol–water partition coefficient (Wildman–Crippen LogP) is 3.21. The topological polar surface area (TPSA) is 93.2 Å². The molecule has 0 radical (unpaired) electrons. The Morgan fingerprint density at radius 1 is 1.10 bits per heavy atom. The Balaban J connectivity index is 2.41. The minimum absolute atomic E-state index is 0.124. The molecule has 8 heteroatoms. The van der Waals surface area contributed by atoms with Crippen molar-refractivity contribution in [2.24, 2.45) is 5.84 Å². The summed E-state index contributed by atoms with van der Waals surface area (Å²) in [5.41, 5.74) is 2.55. The van der Waals surface area contributed by atoms with E-state index in [2.05, 4.69) is 10.7 Å². The number of nitrogens with one attached hydrogen (secondary N) is 2. The number of hydrogen-bond acceptors (Lipinski definition) is 5. The third-order valence-electron chi connectivity index (χ3n) is 2.82. The molecular weight excluding hydrogens is 282 g/mol. The highest BCUT2D eigenvalue weighted by molar-refractivity contribution is 5.69. The summed E-state index contributed by atoms with van der Waals surface area (Å²) >= 11 is 0. The summed E-state index contributed by atoms with van der Waals surface area (Å²) in [6.07, 6.45) is 0. The summed E-state index contributed by atoms with van der Waals surface area (Å²) in [4.78, 5) is 10.2. The van der Waals surface area contributed by atoms with Gasteiger partial charge < -0.3 is 10.7 Å². The van der Waals surface area contributed by atoms with Gasteiger partial charge in [-0.2, -0.15) is 0 Å². The van der Waals surface area contributed by atoms with Gasteiger partial charge in [0.15, 0.2) is 0 Å². The van der Waals surface area contributed by atoms with Gasteiger partial charge in [0.05, 0.1) is 16.3 Å². The first-order valence-electron chi connectivity index (χ1n) is 5.89. The summed E-state index contributed by atoms with van der Waals surface area (Å²) in [5, 5.41) is 13.4. The van der Waals surface area contributed by atoms with Gasteiger partial charge in [0.2, 0.25) is 0 Å². The van der Waals surface area contributed by atoms with E-state index < -0.39 is 16.6 Å². The Hall–Kier alpha value is -2.74. The maximum Gasteiger partial charge on any atom is 0.273 e. The number of nitrogens with zero attached hydrogens (tertiary/aromatic N) is 1. The first-order valence-corrected chi connectivity index (χ1v) is 5.89. The van der Waals surface area contributed by atoms with E-state index in [4.69, 9.17) is 5.84 Å². The molecule has 0 saturated heterocycles. The number of nitrogens with two attached hydrogens (primary N) is 1. The Labute approximate surface area is 118 Å². The normalized spacial score (nSPS) is 10.3. The predicted molar refractivity (Wildman–Crippen MR) is 75.3 cm³/mol. The molecule has 110 valence electrons. The van der Waals surface area contributed by atoms with Crippen molar-refractivity contribution in [3.05, 3.63) is 57.6 Å². The molecule has 0 amide bonds. The van der Waals surface area contributed by atoms with Crippen LogP contribution < -0.4 is 16.6 Å². The van der Waals surface area contributed by atoms with Crippen LogP contribution in [0.2, 0.25) is 0 Å². The zero-order valence-electron chi connectivity index (χ0n) is 11.0. The maximum atomic E-state index is 13.8. The number of non-ortho nitro benzene ring substituents is 1. The molecule has 0 aliphatic rings. The molecule has 2 aromatic rings. The summed E-state index contributed by atoms with van der Waals surface area (Å²) in [5.74, 6) is 3.97. The molecule has 0 saturated carbocycles. The van der Waals surface area contributed by atoms with Crippen molar-refractivity contribution >= 4 is 22.7 Å². The standard InChI is InChI=1S/C13H12F2N4O2/c1-7-2-12(15)13(6-11(7)14)17-8-3-9(18-16)5-10(4-8)19(20)21/h2-6,17-18H,16H2,1H3. The highest BCUT2D eigenvalue weighted by Gasteiger charge is 2.12. The van der Waals surface area contributed by atoms with E-state index in [1.54, 1.807) is 0 Å². The number of benzene rings is 2. The van der Waals surface area contributed by atoms with Crippen molar-refractivity contribution < 1.29 is 13.7 Å². The van der Waals surface area contributed by atoms with Crippen LogP contribution in [0.25, 0.3) is 0 Å². The molecule has 2 aromatic carbocycles. The van der Waals surface area contributed by atoms with E-state index >= 15 is 0 Å². The monoisotopic (exact) mass is 294 g/mol. The lowest BCUT2D eigenvalue weighted by Crippen LogP contribution is -2.07. The van der Waals surface area contributed by atoms with Crippen molar-refractivity contribution in [1.29, 1.82) is 0 Å². The van der Waals surface area contributed by atoms with Gasteiger partial charge in [0.25, 0.3) is 5.69 Å². The molecule has 0 unspecified atom stereocenters. The van der Waals surface area contributed by atoms with E-state index in [9.17, 15) is 18.9 Å². The molecule has 0 bridgehead atoms. The van der Waals surface area contributed by atoms with E-state index in [-0.39, 0.29) is 28.3 Å². The average Bonchev–Trinajstić information content (AvgIpc) is 2.44. The molecule has 0 spiro atoms. The molecule has 0 heterocycles. The SMILES string of the molecule is Cc1cc(F)c(Nc2cc(NN)cc([N+](=O)[O-])c2)cc1F. The van der Waals surface area contributed by atoms with Gasteiger partial charge in [-0.3, -0.25) is 16.0 Å². The van der Waals surface area contributed by atoms with Crippen LogP contribution >= 0.6 is 0 Å². The molecule has 4 N–H and O–H groups in total. The summed E-state index contributed by atoms with van der Waals surface area (Å²) in [7, 11) is 0. The first-order chi connectivity index (χ1) is 9.90. The smallest absolute Gasteiger partial charge is 0.273 e. The lowest BCUT2D eigenvalue weighted by Gasteiger charge is -2.10. The fourth-order valence-corrected chi connectivity index (χ4v) is 1.77. The zero-order valence-corrected chi connectivity index (χ0v) is 11.0. The third-order valence-corrected chi connectivity index (χ3v) is 2.82. The minimum Gasteiger partial charge on any atom is -0.353 e. The van der Waals surface area contributed by atoms with Crippen LogP contribution in [0.15, 0.2) is 30.3 Å². The van der Waals surface area contributed by atoms with Crippen LogP contribution in [0, 0.1) is 28.7 Å². The van der Waals surface area contributed by atoms with Gasteiger partial charge >= 0.3 is 0 Å². The van der Waals surface area contributed by atoms with Gasteiger partial charge in [-0.15, -0.1) is 0 Å². The number of nitrogen functional groups attached to an aromatic ring is 1. The Bertz CT molecular complexity index is 707. The molecule has 0 aliphatic carbocycles. The van der Waals surface area contributed by atoms with Crippen molar-refractivity contribution in [3.8, 4) is 0 Å². The van der Waals surface area contributed by atoms with Crippen LogP contribution in [0.1, 0.15) is 5.56 Å². The van der Waals surface area contributed by atoms with Crippen molar-refractivity contribution in [1.82, 2.24) is 0 Å². The minimum atomic E-state index is -0.664. The lowest BCUT2D eigenvalue weighted by molar-refractivity contribution is -0.384. The van der Waals surface area contributed by atoms with Gasteiger partial charge in [0.1, 0.15) is 11.6 Å². The second kappa shape index (κ2) is 5.71. The van der Waals surface area contributed by atoms with Gasteiger partial charge in [-0.25, -0.2) is 8.78 Å². The van der Waals surface area contributed by atoms with Crippen LogP contribution in [0.5, 0.6) is 0 Å². The maximum absolute atomic E-state index is 13.8. The van der Waals surface area contributed by atoms with Crippen molar-refractivity contribution in [2.45, 2.75) is 6.92 Å². The first kappa shape index (κ1) is 14.7. The molecular formula is C13H12F2N4O2. The largest absolute Gasteiger partial charge is 0.353 e. The summed E-state index contributed by atoms with van der Waals surface area (Å²) in [6, 6.07) is 5.87. The molecule has 21 heavy (non-hydrogen) atoms. The number of aryl methyl sites for hydroxylation is 1. The fourth-order valence-electron chi connectivity index (χ4n) is 1.77. The number of rotatable bonds is 4. The Morgan fingerprint density at radius 2 is 1.76 bits per heavy atom. The average molecular weight is 294 g/mol. The van der Waals surface area contributed by atoms with E-state index in [1.165, 1.54) is 25.1 Å². The Kier molecular flexibility index (Phi) is 3.99. The lowest BCUT2D eigenvalue weighted by atomic mass is 10.2. The fraction of sp³-hybridized carbons (Fsp3) is 0.0769. The molecule has 0 atom stereocenters. The van der Waals surface area contributed by atoms with Crippen LogP contribution in [0.4, 0.5) is 31.5 Å². The third kappa shape index (κ3) is 3.23. The highest BCUT2D eigenvalue weighted by Crippen LogP contribution is 2.28. The van der Waals surface area contributed by atoms with Crippen LogP contribution in [-0.2, 0) is 0 Å². The second-order valence-electron chi connectivity index (χ2n) is 4.38. The van der Waals surface area contributed by atoms with E-state index in [1.807, 2.05) is 0 Å². The number of anilines is 3. The van der Waals surface area contributed by atoms with E-state index in [0.717, 1.165) is 12.1 Å². The molecule has 2 rings (SSSR count). The Morgan fingerprint density at radius 3 is 2.38 bits per heavy atom. The molecule has 6 nitrogen and oxygen atoms in total. The highest BCUT2D eigenvalue weighted by atomic mass is 19.1. The van der Waals surface area contributed by atoms with Crippen molar-refractivity contribution in [2.75, 3.05) is 10.7 Å². The molecule has 0 aliphatic heterocycles. The number of halogens is 2. The van der Waals surface area contributed by atoms with Gasteiger partial charge in [-0.1, -0.05) is 0 Å². The molecule has 0 aromatic heterocycles.